The third-order valence-corrected chi connectivity index (χ3v) is 5.19. The first-order chi connectivity index (χ1) is 13.6. The molecule has 0 aliphatic carbocycles. The van der Waals surface area contributed by atoms with Gasteiger partial charge in [-0.3, -0.25) is 9.69 Å². The largest absolute Gasteiger partial charge is 0.490 e. The van der Waals surface area contributed by atoms with Gasteiger partial charge in [-0.2, -0.15) is 0 Å². The van der Waals surface area contributed by atoms with Crippen LogP contribution >= 0.6 is 0 Å². The molecule has 0 saturated carbocycles. The Bertz CT molecular complexity index is 851. The summed E-state index contributed by atoms with van der Waals surface area (Å²) >= 11 is 0. The number of ether oxygens (including phenoxy) is 2. The van der Waals surface area contributed by atoms with Crippen molar-refractivity contribution in [1.82, 2.24) is 4.90 Å². The Balaban J connectivity index is 1.45. The average molecular weight is 384 g/mol. The van der Waals surface area contributed by atoms with Crippen molar-refractivity contribution in [3.05, 3.63) is 53.3 Å². The van der Waals surface area contributed by atoms with Crippen LogP contribution in [-0.2, 0) is 4.79 Å². The summed E-state index contributed by atoms with van der Waals surface area (Å²) in [6.07, 6.45) is 2.90. The maximum absolute atomic E-state index is 13.5. The number of halogens is 1. The first kappa shape index (κ1) is 18.7. The number of nitrogens with one attached hydrogen (secondary N) is 1. The fraction of sp³-hybridized carbons (Fsp3) is 0.409. The number of benzene rings is 2. The van der Waals surface area contributed by atoms with Crippen molar-refractivity contribution in [2.24, 2.45) is 0 Å². The number of fused-ring (bicyclic) bond motifs is 1. The standard InChI is InChI=1S/C22H25FN2O3/c1-15-10-17(23)13-18(11-15)24-22(26)14-25-7-2-4-19(25)16-5-6-20-21(12-16)28-9-3-8-27-20/h5-6,10-13,19H,2-4,7-9,14H2,1H3,(H,24,26). The second kappa shape index (κ2) is 8.19. The molecule has 1 N–H and O–H groups in total. The van der Waals surface area contributed by atoms with Gasteiger partial charge in [0.05, 0.1) is 19.8 Å². The summed E-state index contributed by atoms with van der Waals surface area (Å²) in [6, 6.07) is 10.8. The highest BCUT2D eigenvalue weighted by atomic mass is 19.1. The summed E-state index contributed by atoms with van der Waals surface area (Å²) < 4.78 is 25.1. The van der Waals surface area contributed by atoms with Gasteiger partial charge in [0.25, 0.3) is 0 Å². The van der Waals surface area contributed by atoms with Gasteiger partial charge in [0.1, 0.15) is 5.82 Å². The van der Waals surface area contributed by atoms with E-state index in [4.69, 9.17) is 9.47 Å². The molecule has 1 unspecified atom stereocenters. The topological polar surface area (TPSA) is 50.8 Å². The van der Waals surface area contributed by atoms with Crippen molar-refractivity contribution in [2.75, 3.05) is 31.6 Å². The fourth-order valence-corrected chi connectivity index (χ4v) is 3.97. The van der Waals surface area contributed by atoms with Crippen LogP contribution in [-0.4, -0.2) is 37.1 Å². The van der Waals surface area contributed by atoms with Crippen molar-refractivity contribution in [3.8, 4) is 11.5 Å². The molecule has 1 amide bonds. The highest BCUT2D eigenvalue weighted by Gasteiger charge is 2.28. The van der Waals surface area contributed by atoms with Crippen molar-refractivity contribution >= 4 is 11.6 Å². The van der Waals surface area contributed by atoms with Crippen LogP contribution in [0.3, 0.4) is 0 Å². The van der Waals surface area contributed by atoms with Crippen LogP contribution in [0.25, 0.3) is 0 Å². The van der Waals surface area contributed by atoms with Gasteiger partial charge in [-0.05, 0) is 67.8 Å². The second-order valence-corrected chi connectivity index (χ2v) is 7.45. The summed E-state index contributed by atoms with van der Waals surface area (Å²) in [6.45, 7) is 4.25. The molecule has 2 aliphatic rings. The lowest BCUT2D eigenvalue weighted by Gasteiger charge is -2.25. The van der Waals surface area contributed by atoms with Crippen LogP contribution in [0.4, 0.5) is 10.1 Å². The minimum absolute atomic E-state index is 0.133. The Hall–Kier alpha value is -2.60. The predicted molar refractivity (Wildman–Crippen MR) is 105 cm³/mol. The molecule has 2 heterocycles. The van der Waals surface area contributed by atoms with E-state index in [1.807, 2.05) is 12.1 Å². The van der Waals surface area contributed by atoms with E-state index in [9.17, 15) is 9.18 Å². The number of hydrogen-bond acceptors (Lipinski definition) is 4. The van der Waals surface area contributed by atoms with E-state index in [1.54, 1.807) is 13.0 Å². The van der Waals surface area contributed by atoms with E-state index in [0.29, 0.717) is 18.9 Å². The SMILES string of the molecule is Cc1cc(F)cc(NC(=O)CN2CCCC2c2ccc3c(c2)OCCCO3)c1. The van der Waals surface area contributed by atoms with E-state index in [2.05, 4.69) is 16.3 Å². The van der Waals surface area contributed by atoms with Gasteiger partial charge in [0.2, 0.25) is 5.91 Å². The first-order valence-corrected chi connectivity index (χ1v) is 9.79. The third kappa shape index (κ3) is 4.28. The number of anilines is 1. The molecule has 6 heteroatoms. The maximum atomic E-state index is 13.5. The summed E-state index contributed by atoms with van der Waals surface area (Å²) in [7, 11) is 0. The van der Waals surface area contributed by atoms with Gasteiger partial charge in [-0.25, -0.2) is 4.39 Å². The van der Waals surface area contributed by atoms with Crippen LogP contribution < -0.4 is 14.8 Å². The van der Waals surface area contributed by atoms with Crippen LogP contribution in [0.15, 0.2) is 36.4 Å². The van der Waals surface area contributed by atoms with E-state index in [1.165, 1.54) is 12.1 Å². The second-order valence-electron chi connectivity index (χ2n) is 7.45. The molecule has 0 bridgehead atoms. The van der Waals surface area contributed by atoms with Crippen LogP contribution in [0, 0.1) is 12.7 Å². The first-order valence-electron chi connectivity index (χ1n) is 9.79. The molecule has 0 radical (unpaired) electrons. The monoisotopic (exact) mass is 384 g/mol. The van der Waals surface area contributed by atoms with Crippen LogP contribution in [0.5, 0.6) is 11.5 Å². The summed E-state index contributed by atoms with van der Waals surface area (Å²) in [5.74, 6) is 1.08. The normalized spacial score (nSPS) is 19.3. The Morgan fingerprint density at radius 3 is 2.79 bits per heavy atom. The molecule has 28 heavy (non-hydrogen) atoms. The van der Waals surface area contributed by atoms with Gasteiger partial charge in [-0.15, -0.1) is 0 Å². The molecule has 1 saturated heterocycles. The number of rotatable bonds is 4. The van der Waals surface area contributed by atoms with E-state index in [0.717, 1.165) is 48.4 Å². The minimum Gasteiger partial charge on any atom is -0.490 e. The van der Waals surface area contributed by atoms with Crippen LogP contribution in [0.1, 0.15) is 36.4 Å². The van der Waals surface area contributed by atoms with E-state index >= 15 is 0 Å². The Morgan fingerprint density at radius 2 is 1.96 bits per heavy atom. The van der Waals surface area contributed by atoms with Crippen molar-refractivity contribution < 1.29 is 18.7 Å². The van der Waals surface area contributed by atoms with Crippen molar-refractivity contribution in [2.45, 2.75) is 32.2 Å². The summed E-state index contributed by atoms with van der Waals surface area (Å²) in [4.78, 5) is 14.7. The minimum atomic E-state index is -0.346. The molecular weight excluding hydrogens is 359 g/mol. The Kier molecular flexibility index (Phi) is 5.48. The number of hydrogen-bond donors (Lipinski definition) is 1. The van der Waals surface area contributed by atoms with Crippen LogP contribution in [0.2, 0.25) is 0 Å². The number of carbonyl (C=O) groups is 1. The molecule has 0 spiro atoms. The zero-order valence-electron chi connectivity index (χ0n) is 16.0. The Labute approximate surface area is 164 Å². The third-order valence-electron chi connectivity index (χ3n) is 5.19. The molecule has 2 aromatic rings. The summed E-state index contributed by atoms with van der Waals surface area (Å²) in [5.41, 5.74) is 2.41. The van der Waals surface area contributed by atoms with Crippen molar-refractivity contribution in [1.29, 1.82) is 0 Å². The molecule has 1 atom stereocenters. The maximum Gasteiger partial charge on any atom is 0.238 e. The summed E-state index contributed by atoms with van der Waals surface area (Å²) in [5, 5.41) is 2.82. The highest BCUT2D eigenvalue weighted by molar-refractivity contribution is 5.92. The highest BCUT2D eigenvalue weighted by Crippen LogP contribution is 2.37. The lowest BCUT2D eigenvalue weighted by atomic mass is 10.0. The molecule has 148 valence electrons. The molecule has 0 aromatic heterocycles. The number of nitrogens with zero attached hydrogens (tertiary/aromatic N) is 1. The average Bonchev–Trinajstić information content (AvgIpc) is 2.96. The quantitative estimate of drug-likeness (QED) is 0.863. The molecule has 2 aromatic carbocycles. The van der Waals surface area contributed by atoms with E-state index < -0.39 is 0 Å². The van der Waals surface area contributed by atoms with Gasteiger partial charge >= 0.3 is 0 Å². The lowest BCUT2D eigenvalue weighted by molar-refractivity contribution is -0.117. The van der Waals surface area contributed by atoms with Gasteiger partial charge in [0.15, 0.2) is 11.5 Å². The molecule has 4 rings (SSSR count). The van der Waals surface area contributed by atoms with Gasteiger partial charge < -0.3 is 14.8 Å². The predicted octanol–water partition coefficient (Wildman–Crippen LogP) is 4.07. The number of likely N-dealkylation sites (tertiary alicyclic amines) is 1. The smallest absolute Gasteiger partial charge is 0.238 e. The lowest BCUT2D eigenvalue weighted by Crippen LogP contribution is -2.33. The van der Waals surface area contributed by atoms with Gasteiger partial charge in [-0.1, -0.05) is 6.07 Å². The van der Waals surface area contributed by atoms with Crippen molar-refractivity contribution in [3.63, 3.8) is 0 Å². The fourth-order valence-electron chi connectivity index (χ4n) is 3.97. The van der Waals surface area contributed by atoms with Gasteiger partial charge in [0, 0.05) is 18.2 Å². The number of aryl methyl sites for hydroxylation is 1. The number of amides is 1. The molecule has 2 aliphatic heterocycles. The van der Waals surface area contributed by atoms with E-state index in [-0.39, 0.29) is 24.3 Å². The molecule has 1 fully saturated rings. The Morgan fingerprint density at radius 1 is 1.14 bits per heavy atom. The zero-order valence-corrected chi connectivity index (χ0v) is 16.0. The molecular formula is C22H25FN2O3. The zero-order chi connectivity index (χ0) is 19.5. The molecule has 5 nitrogen and oxygen atoms in total. The number of carbonyl (C=O) groups excluding carboxylic acids is 1.